The van der Waals surface area contributed by atoms with E-state index in [1.165, 1.54) is 13.3 Å². The Morgan fingerprint density at radius 2 is 2.19 bits per heavy atom. The Balaban J connectivity index is 2.25. The van der Waals surface area contributed by atoms with E-state index in [0.717, 1.165) is 19.3 Å². The molecule has 5 heteroatoms. The maximum atomic E-state index is 11.3. The molecule has 0 aromatic rings. The predicted molar refractivity (Wildman–Crippen MR) is 55.6 cm³/mol. The van der Waals surface area contributed by atoms with Crippen molar-refractivity contribution < 1.29 is 23.8 Å². The molecule has 1 rings (SSSR count). The third-order valence-electron chi connectivity index (χ3n) is 2.66. The van der Waals surface area contributed by atoms with E-state index in [-0.39, 0.29) is 12.6 Å². The molecule has 16 heavy (non-hydrogen) atoms. The van der Waals surface area contributed by atoms with Gasteiger partial charge in [0.1, 0.15) is 6.10 Å². The van der Waals surface area contributed by atoms with Crippen molar-refractivity contribution in [3.05, 3.63) is 0 Å². The third kappa shape index (κ3) is 4.51. The first kappa shape index (κ1) is 12.8. The summed E-state index contributed by atoms with van der Waals surface area (Å²) in [6, 6.07) is 0. The summed E-state index contributed by atoms with van der Waals surface area (Å²) in [5, 5.41) is 0. The molecule has 1 aliphatic carbocycles. The molecular weight excluding hydrogens is 212 g/mol. The van der Waals surface area contributed by atoms with E-state index in [9.17, 15) is 9.59 Å². The molecule has 0 saturated heterocycles. The molecule has 5 nitrogen and oxygen atoms in total. The van der Waals surface area contributed by atoms with E-state index in [2.05, 4.69) is 11.7 Å². The van der Waals surface area contributed by atoms with Gasteiger partial charge in [-0.05, 0) is 25.2 Å². The summed E-state index contributed by atoms with van der Waals surface area (Å²) < 4.78 is 14.3. The second-order valence-electron chi connectivity index (χ2n) is 4.18. The minimum Gasteiger partial charge on any atom is -0.431 e. The van der Waals surface area contributed by atoms with Crippen LogP contribution < -0.4 is 0 Å². The van der Waals surface area contributed by atoms with Crippen LogP contribution in [0, 0.1) is 5.92 Å². The zero-order chi connectivity index (χ0) is 12.0. The number of rotatable bonds is 4. The fourth-order valence-corrected chi connectivity index (χ4v) is 1.89. The zero-order valence-electron chi connectivity index (χ0n) is 9.68. The quantitative estimate of drug-likeness (QED) is 0.421. The van der Waals surface area contributed by atoms with Gasteiger partial charge < -0.3 is 14.2 Å². The molecule has 0 aliphatic heterocycles. The Labute approximate surface area is 95.0 Å². The highest BCUT2D eigenvalue weighted by atomic mass is 16.8. The lowest BCUT2D eigenvalue weighted by Crippen LogP contribution is -2.27. The van der Waals surface area contributed by atoms with Crippen molar-refractivity contribution >= 4 is 12.6 Å². The molecule has 1 saturated carbocycles. The summed E-state index contributed by atoms with van der Waals surface area (Å²) in [6.07, 6.45) is 2.26. The SMILES string of the molecule is CC1CCCC(OC(=O)OC(C)OC=O)C1. The van der Waals surface area contributed by atoms with Crippen LogP contribution in [0.15, 0.2) is 0 Å². The maximum absolute atomic E-state index is 11.3. The van der Waals surface area contributed by atoms with E-state index in [4.69, 9.17) is 9.47 Å². The summed E-state index contributed by atoms with van der Waals surface area (Å²) in [7, 11) is 0. The van der Waals surface area contributed by atoms with Crippen LogP contribution in [0.3, 0.4) is 0 Å². The molecule has 0 spiro atoms. The van der Waals surface area contributed by atoms with E-state index in [0.29, 0.717) is 5.92 Å². The molecule has 3 atom stereocenters. The second kappa shape index (κ2) is 6.35. The Kier molecular flexibility index (Phi) is 5.08. The number of ether oxygens (including phenoxy) is 3. The van der Waals surface area contributed by atoms with Gasteiger partial charge in [-0.15, -0.1) is 0 Å². The van der Waals surface area contributed by atoms with Gasteiger partial charge in [-0.1, -0.05) is 13.3 Å². The molecular formula is C11H18O5. The molecule has 0 radical (unpaired) electrons. The minimum absolute atomic E-state index is 0.0697. The van der Waals surface area contributed by atoms with Crippen LogP contribution in [-0.4, -0.2) is 25.0 Å². The smallest absolute Gasteiger partial charge is 0.431 e. The Morgan fingerprint density at radius 1 is 1.44 bits per heavy atom. The number of hydrogen-bond acceptors (Lipinski definition) is 5. The summed E-state index contributed by atoms with van der Waals surface area (Å²) in [6.45, 7) is 3.83. The van der Waals surface area contributed by atoms with Crippen LogP contribution in [0.25, 0.3) is 0 Å². The molecule has 0 N–H and O–H groups in total. The van der Waals surface area contributed by atoms with Crippen molar-refractivity contribution in [3.63, 3.8) is 0 Å². The van der Waals surface area contributed by atoms with Gasteiger partial charge in [0.15, 0.2) is 0 Å². The van der Waals surface area contributed by atoms with Crippen LogP contribution in [0.4, 0.5) is 4.79 Å². The van der Waals surface area contributed by atoms with Gasteiger partial charge in [-0.3, -0.25) is 4.79 Å². The van der Waals surface area contributed by atoms with Crippen LogP contribution in [-0.2, 0) is 19.0 Å². The first-order valence-corrected chi connectivity index (χ1v) is 5.58. The van der Waals surface area contributed by atoms with Gasteiger partial charge >= 0.3 is 6.16 Å². The predicted octanol–water partition coefficient (Wildman–Crippen LogP) is 2.24. The molecule has 0 bridgehead atoms. The monoisotopic (exact) mass is 230 g/mol. The van der Waals surface area contributed by atoms with Crippen LogP contribution in [0.5, 0.6) is 0 Å². The number of carbonyl (C=O) groups is 2. The highest BCUT2D eigenvalue weighted by Gasteiger charge is 2.23. The fourth-order valence-electron chi connectivity index (χ4n) is 1.89. The van der Waals surface area contributed by atoms with Gasteiger partial charge in [0.05, 0.1) is 0 Å². The first-order chi connectivity index (χ1) is 7.61. The number of hydrogen-bond donors (Lipinski definition) is 0. The van der Waals surface area contributed by atoms with Crippen molar-refractivity contribution in [3.8, 4) is 0 Å². The molecule has 92 valence electrons. The summed E-state index contributed by atoms with van der Waals surface area (Å²) in [5.41, 5.74) is 0. The van der Waals surface area contributed by atoms with Gasteiger partial charge in [0.25, 0.3) is 6.47 Å². The van der Waals surface area contributed by atoms with Gasteiger partial charge in [0, 0.05) is 6.92 Å². The Morgan fingerprint density at radius 3 is 2.81 bits per heavy atom. The highest BCUT2D eigenvalue weighted by Crippen LogP contribution is 2.25. The van der Waals surface area contributed by atoms with Crippen molar-refractivity contribution in [1.29, 1.82) is 0 Å². The molecule has 1 aliphatic rings. The van der Waals surface area contributed by atoms with Crippen molar-refractivity contribution in [2.75, 3.05) is 0 Å². The van der Waals surface area contributed by atoms with Gasteiger partial charge in [0.2, 0.25) is 6.29 Å². The number of carbonyl (C=O) groups excluding carboxylic acids is 2. The van der Waals surface area contributed by atoms with Crippen LogP contribution in [0.2, 0.25) is 0 Å². The van der Waals surface area contributed by atoms with Crippen molar-refractivity contribution in [1.82, 2.24) is 0 Å². The van der Waals surface area contributed by atoms with Gasteiger partial charge in [-0.25, -0.2) is 4.79 Å². The zero-order valence-corrected chi connectivity index (χ0v) is 9.68. The maximum Gasteiger partial charge on any atom is 0.511 e. The van der Waals surface area contributed by atoms with Crippen molar-refractivity contribution in [2.45, 2.75) is 51.9 Å². The molecule has 0 amide bonds. The third-order valence-corrected chi connectivity index (χ3v) is 2.66. The van der Waals surface area contributed by atoms with E-state index >= 15 is 0 Å². The fraction of sp³-hybridized carbons (Fsp3) is 0.818. The lowest BCUT2D eigenvalue weighted by Gasteiger charge is -2.26. The molecule has 0 aromatic heterocycles. The highest BCUT2D eigenvalue weighted by molar-refractivity contribution is 5.60. The standard InChI is InChI=1S/C11H18O5/c1-8-4-3-5-10(6-8)16-11(13)15-9(2)14-7-12/h7-10H,3-6H2,1-2H3. The average Bonchev–Trinajstić information content (AvgIpc) is 2.17. The molecule has 1 fully saturated rings. The molecule has 0 aromatic carbocycles. The van der Waals surface area contributed by atoms with E-state index in [1.54, 1.807) is 0 Å². The lowest BCUT2D eigenvalue weighted by atomic mass is 9.89. The lowest BCUT2D eigenvalue weighted by molar-refractivity contribution is -0.153. The molecule has 3 unspecified atom stereocenters. The van der Waals surface area contributed by atoms with Crippen molar-refractivity contribution in [2.24, 2.45) is 5.92 Å². The van der Waals surface area contributed by atoms with Crippen LogP contribution >= 0.6 is 0 Å². The Hall–Kier alpha value is -1.26. The Bertz CT molecular complexity index is 241. The normalized spacial score (nSPS) is 26.6. The molecule has 0 heterocycles. The largest absolute Gasteiger partial charge is 0.511 e. The minimum atomic E-state index is -0.897. The van der Waals surface area contributed by atoms with Crippen LogP contribution in [0.1, 0.15) is 39.5 Å². The summed E-state index contributed by atoms with van der Waals surface area (Å²) >= 11 is 0. The van der Waals surface area contributed by atoms with Gasteiger partial charge in [-0.2, -0.15) is 0 Å². The van der Waals surface area contributed by atoms with E-state index < -0.39 is 12.4 Å². The summed E-state index contributed by atoms with van der Waals surface area (Å²) in [5.74, 6) is 0.579. The van der Waals surface area contributed by atoms with E-state index in [1.807, 2.05) is 0 Å². The summed E-state index contributed by atoms with van der Waals surface area (Å²) in [4.78, 5) is 21.2. The topological polar surface area (TPSA) is 61.8 Å². The first-order valence-electron chi connectivity index (χ1n) is 5.58. The second-order valence-corrected chi connectivity index (χ2v) is 4.18. The average molecular weight is 230 g/mol.